The molecule has 0 aromatic heterocycles. The Hall–Kier alpha value is -5.67. The number of ether oxygens (including phenoxy) is 3. The summed E-state index contributed by atoms with van der Waals surface area (Å²) in [4.78, 5) is 84.1. The highest BCUT2D eigenvalue weighted by molar-refractivity contribution is 6.08. The van der Waals surface area contributed by atoms with E-state index in [1.807, 2.05) is 12.1 Å². The number of primary amides is 1. The summed E-state index contributed by atoms with van der Waals surface area (Å²) in [6.07, 6.45) is -1.86. The summed E-state index contributed by atoms with van der Waals surface area (Å²) in [6.45, 7) is 5.95. The van der Waals surface area contributed by atoms with Gasteiger partial charge in [0.25, 0.3) is 0 Å². The van der Waals surface area contributed by atoms with Gasteiger partial charge in [-0.05, 0) is 44.7 Å². The summed E-state index contributed by atoms with van der Waals surface area (Å²) >= 11 is 0. The molecule has 0 spiro atoms. The number of carbonyl (C=O) groups excluding carboxylic acids is 6. The molecule has 268 valence electrons. The fraction of sp³-hybridized carbons (Fsp3) is 0.441. The van der Waals surface area contributed by atoms with E-state index in [0.717, 1.165) is 16.0 Å². The van der Waals surface area contributed by atoms with Gasteiger partial charge in [0.2, 0.25) is 17.8 Å². The fourth-order valence-corrected chi connectivity index (χ4v) is 5.25. The van der Waals surface area contributed by atoms with E-state index in [4.69, 9.17) is 19.9 Å². The first-order valence-electron chi connectivity index (χ1n) is 16.2. The molecule has 2 heterocycles. The monoisotopic (exact) mass is 693 g/mol. The van der Waals surface area contributed by atoms with E-state index in [2.05, 4.69) is 15.6 Å². The number of alkyl carbamates (subject to hydrolysis) is 2. The summed E-state index contributed by atoms with van der Waals surface area (Å²) in [5.74, 6) is -2.48. The fourth-order valence-electron chi connectivity index (χ4n) is 5.25. The zero-order valence-corrected chi connectivity index (χ0v) is 28.3. The number of hydrogen-bond acceptors (Lipinski definition) is 10. The molecule has 2 aromatic rings. The maximum absolute atomic E-state index is 13.2. The van der Waals surface area contributed by atoms with Crippen molar-refractivity contribution in [3.63, 3.8) is 0 Å². The molecule has 0 saturated carbocycles. The number of imide groups is 1. The molecule has 2 unspecified atom stereocenters. The van der Waals surface area contributed by atoms with Gasteiger partial charge in [-0.3, -0.25) is 30.1 Å². The van der Waals surface area contributed by atoms with Crippen LogP contribution in [0.15, 0.2) is 65.7 Å². The number of likely N-dealkylation sites (tertiary alicyclic amines) is 1. The molecule has 2 saturated heterocycles. The van der Waals surface area contributed by atoms with E-state index in [9.17, 15) is 28.8 Å². The van der Waals surface area contributed by atoms with Crippen molar-refractivity contribution in [1.82, 2.24) is 25.3 Å². The quantitative estimate of drug-likeness (QED) is 0.116. The number of urea groups is 1. The van der Waals surface area contributed by atoms with Crippen LogP contribution in [0.1, 0.15) is 44.7 Å². The summed E-state index contributed by atoms with van der Waals surface area (Å²) in [5.41, 5.74) is 6.44. The number of carbonyl (C=O) groups is 6. The zero-order chi connectivity index (χ0) is 36.3. The molecule has 50 heavy (non-hydrogen) atoms. The van der Waals surface area contributed by atoms with Gasteiger partial charge < -0.3 is 29.7 Å². The number of guanidine groups is 1. The molecule has 4 rings (SSSR count). The highest BCUT2D eigenvalue weighted by atomic mass is 16.6. The second-order valence-corrected chi connectivity index (χ2v) is 12.6. The Bertz CT molecular complexity index is 1500. The lowest BCUT2D eigenvalue weighted by Crippen LogP contribution is -2.70. The number of benzene rings is 2. The minimum Gasteiger partial charge on any atom is -0.444 e. The van der Waals surface area contributed by atoms with Crippen molar-refractivity contribution in [3.05, 3.63) is 71.8 Å². The normalized spacial score (nSPS) is 17.2. The third kappa shape index (κ3) is 10.7. The number of aliphatic imine (C=N–C) groups is 1. The number of amides is 7. The standard InChI is InChI=1S/C34H43N7O9/c1-34(2,3)50-33(47)40-19-17-39(18-20-40)32(46)41-26(27(35)42)25(28(41)43)15-10-16-36-29(37-30(44)48-21-23-11-6-4-7-12-23)38-31(45)49-22-24-13-8-5-9-14-24/h4-9,11-14,25-26H,10,15-22H2,1-3H3,(H2,35,42)(H2,36,37,38,44,45). The topological polar surface area (TPSA) is 202 Å². The third-order valence-electron chi connectivity index (χ3n) is 7.72. The van der Waals surface area contributed by atoms with Crippen LogP contribution >= 0.6 is 0 Å². The molecule has 0 bridgehead atoms. The van der Waals surface area contributed by atoms with Crippen LogP contribution in [0.3, 0.4) is 0 Å². The first-order chi connectivity index (χ1) is 23.8. The van der Waals surface area contributed by atoms with E-state index in [1.165, 1.54) is 9.80 Å². The van der Waals surface area contributed by atoms with E-state index < -0.39 is 53.7 Å². The molecule has 0 aliphatic carbocycles. The number of nitrogens with one attached hydrogen (secondary N) is 2. The van der Waals surface area contributed by atoms with Crippen LogP contribution in [0.25, 0.3) is 0 Å². The predicted molar refractivity (Wildman–Crippen MR) is 179 cm³/mol. The Kier molecular flexibility index (Phi) is 12.7. The summed E-state index contributed by atoms with van der Waals surface area (Å²) in [7, 11) is 0. The van der Waals surface area contributed by atoms with Gasteiger partial charge in [-0.25, -0.2) is 19.2 Å². The first-order valence-corrected chi connectivity index (χ1v) is 16.2. The average Bonchev–Trinajstić information content (AvgIpc) is 3.08. The molecule has 2 aliphatic rings. The van der Waals surface area contributed by atoms with Crippen molar-refractivity contribution >= 4 is 42.1 Å². The predicted octanol–water partition coefficient (Wildman–Crippen LogP) is 2.96. The average molecular weight is 694 g/mol. The molecular weight excluding hydrogens is 650 g/mol. The lowest BCUT2D eigenvalue weighted by atomic mass is 9.83. The van der Waals surface area contributed by atoms with Crippen LogP contribution in [0.4, 0.5) is 19.2 Å². The van der Waals surface area contributed by atoms with Gasteiger partial charge in [-0.2, -0.15) is 0 Å². The highest BCUT2D eigenvalue weighted by Crippen LogP contribution is 2.32. The summed E-state index contributed by atoms with van der Waals surface area (Å²) < 4.78 is 15.8. The molecule has 4 N–H and O–H groups in total. The van der Waals surface area contributed by atoms with E-state index in [-0.39, 0.29) is 64.7 Å². The van der Waals surface area contributed by atoms with Crippen LogP contribution in [-0.2, 0) is 37.0 Å². The van der Waals surface area contributed by atoms with Gasteiger partial charge in [0.1, 0.15) is 24.9 Å². The Balaban J connectivity index is 1.31. The van der Waals surface area contributed by atoms with Crippen LogP contribution in [0, 0.1) is 5.92 Å². The van der Waals surface area contributed by atoms with Crippen molar-refractivity contribution in [2.24, 2.45) is 16.6 Å². The lowest BCUT2D eigenvalue weighted by molar-refractivity contribution is -0.157. The lowest BCUT2D eigenvalue weighted by Gasteiger charge is -2.46. The van der Waals surface area contributed by atoms with Gasteiger partial charge in [-0.1, -0.05) is 60.7 Å². The summed E-state index contributed by atoms with van der Waals surface area (Å²) in [6, 6.07) is 16.2. The van der Waals surface area contributed by atoms with Crippen LogP contribution in [-0.4, -0.2) is 101 Å². The minimum absolute atomic E-state index is 0.0170. The van der Waals surface area contributed by atoms with Crippen molar-refractivity contribution < 1.29 is 43.0 Å². The largest absolute Gasteiger partial charge is 0.444 e. The number of rotatable bonds is 9. The van der Waals surface area contributed by atoms with Gasteiger partial charge in [0.15, 0.2) is 0 Å². The highest BCUT2D eigenvalue weighted by Gasteiger charge is 2.54. The molecule has 0 radical (unpaired) electrons. The molecule has 2 aromatic carbocycles. The number of nitrogens with zero attached hydrogens (tertiary/aromatic N) is 4. The van der Waals surface area contributed by atoms with E-state index >= 15 is 0 Å². The second kappa shape index (κ2) is 17.1. The molecule has 16 heteroatoms. The van der Waals surface area contributed by atoms with Crippen LogP contribution in [0.5, 0.6) is 0 Å². The van der Waals surface area contributed by atoms with Gasteiger partial charge in [0.05, 0.1) is 5.92 Å². The van der Waals surface area contributed by atoms with Gasteiger partial charge in [-0.15, -0.1) is 0 Å². The maximum Gasteiger partial charge on any atom is 0.414 e. The Labute approximate surface area is 289 Å². The van der Waals surface area contributed by atoms with Crippen molar-refractivity contribution in [1.29, 1.82) is 0 Å². The first kappa shape index (κ1) is 37.2. The van der Waals surface area contributed by atoms with Crippen LogP contribution < -0.4 is 16.4 Å². The minimum atomic E-state index is -1.15. The second-order valence-electron chi connectivity index (χ2n) is 12.6. The van der Waals surface area contributed by atoms with Crippen molar-refractivity contribution in [3.8, 4) is 0 Å². The SMILES string of the molecule is CC(C)(C)OC(=O)N1CCN(C(=O)N2C(=O)C(CCCN=C(NC(=O)OCc3ccccc3)NC(=O)OCc3ccccc3)C2C(N)=O)CC1. The molecule has 2 fully saturated rings. The smallest absolute Gasteiger partial charge is 0.414 e. The number of piperazine rings is 1. The van der Waals surface area contributed by atoms with E-state index in [0.29, 0.717) is 0 Å². The molecule has 2 atom stereocenters. The number of β-lactam (4-membered cyclic amide) rings is 1. The molecule has 7 amide bonds. The number of hydrogen-bond donors (Lipinski definition) is 3. The van der Waals surface area contributed by atoms with E-state index in [1.54, 1.807) is 69.3 Å². The third-order valence-corrected chi connectivity index (χ3v) is 7.72. The van der Waals surface area contributed by atoms with Gasteiger partial charge >= 0.3 is 24.3 Å². The van der Waals surface area contributed by atoms with Crippen molar-refractivity contribution in [2.75, 3.05) is 32.7 Å². The zero-order valence-electron chi connectivity index (χ0n) is 28.3. The molecule has 2 aliphatic heterocycles. The van der Waals surface area contributed by atoms with Gasteiger partial charge in [0, 0.05) is 32.7 Å². The Morgan fingerprint density at radius 3 is 1.80 bits per heavy atom. The Morgan fingerprint density at radius 1 is 0.820 bits per heavy atom. The Morgan fingerprint density at radius 2 is 1.32 bits per heavy atom. The number of nitrogens with two attached hydrogens (primary N) is 1. The molecular formula is C34H43N7O9. The molecule has 16 nitrogen and oxygen atoms in total. The maximum atomic E-state index is 13.2. The van der Waals surface area contributed by atoms with Crippen molar-refractivity contribution in [2.45, 2.75) is 58.5 Å². The summed E-state index contributed by atoms with van der Waals surface area (Å²) in [5, 5.41) is 4.79. The van der Waals surface area contributed by atoms with Crippen LogP contribution in [0.2, 0.25) is 0 Å².